The number of aldehydes is 1. The van der Waals surface area contributed by atoms with Crippen molar-refractivity contribution in [1.29, 1.82) is 0 Å². The zero-order chi connectivity index (χ0) is 22.9. The van der Waals surface area contributed by atoms with Crippen LogP contribution in [0.1, 0.15) is 44.9 Å². The van der Waals surface area contributed by atoms with Crippen LogP contribution in [0, 0.1) is 0 Å². The van der Waals surface area contributed by atoms with Crippen LogP contribution in [0.2, 0.25) is 0 Å². The first-order valence-corrected chi connectivity index (χ1v) is 10.3. The largest absolute Gasteiger partial charge is 0.445 e. The first kappa shape index (κ1) is 27.6. The van der Waals surface area contributed by atoms with E-state index >= 15 is 0 Å². The predicted molar refractivity (Wildman–Crippen MR) is 125 cm³/mol. The van der Waals surface area contributed by atoms with Crippen LogP contribution in [0.15, 0.2) is 71.2 Å². The van der Waals surface area contributed by atoms with Gasteiger partial charge in [0.05, 0.1) is 6.10 Å². The van der Waals surface area contributed by atoms with Crippen molar-refractivity contribution in [2.75, 3.05) is 7.11 Å². The maximum Gasteiger partial charge on any atom is 0.408 e. The van der Waals surface area contributed by atoms with Gasteiger partial charge in [-0.3, -0.25) is 0 Å². The first-order chi connectivity index (χ1) is 14.2. The molecule has 5 nitrogen and oxygen atoms in total. The van der Waals surface area contributed by atoms with Crippen LogP contribution in [0.4, 0.5) is 4.79 Å². The molecule has 1 N–H and O–H groups in total. The molecule has 6 heteroatoms. The van der Waals surface area contributed by atoms with Gasteiger partial charge in [0.25, 0.3) is 0 Å². The van der Waals surface area contributed by atoms with Gasteiger partial charge >= 0.3 is 6.09 Å². The molecule has 1 unspecified atom stereocenters. The zero-order valence-corrected chi connectivity index (χ0v) is 19.9. The topological polar surface area (TPSA) is 64.6 Å². The molecule has 1 amide bonds. The highest BCUT2D eigenvalue weighted by Crippen LogP contribution is 2.15. The summed E-state index contributed by atoms with van der Waals surface area (Å²) in [5.74, 6) is 0. The molecule has 0 radical (unpaired) electrons. The molecule has 2 aromatic carbocycles. The normalized spacial score (nSPS) is 10.5. The molecule has 0 heterocycles. The van der Waals surface area contributed by atoms with Gasteiger partial charge in [0.2, 0.25) is 0 Å². The average molecular weight is 478 g/mol. The summed E-state index contributed by atoms with van der Waals surface area (Å²) >= 11 is 3.32. The highest BCUT2D eigenvalue weighted by atomic mass is 79.9. The van der Waals surface area contributed by atoms with Crippen LogP contribution in [-0.2, 0) is 20.9 Å². The van der Waals surface area contributed by atoms with E-state index < -0.39 is 12.1 Å². The SMILES string of the molecule is C=C(C)C.COC(C)C.O=CC(NC(=O)OCc1ccccc1)c1ccc(Br)cc1. The summed E-state index contributed by atoms with van der Waals surface area (Å²) in [6.45, 7) is 11.7. The number of allylic oxidation sites excluding steroid dienone is 1. The van der Waals surface area contributed by atoms with E-state index in [1.165, 1.54) is 5.57 Å². The fourth-order valence-electron chi connectivity index (χ4n) is 1.76. The number of methoxy groups -OCH3 is 1. The van der Waals surface area contributed by atoms with Crippen molar-refractivity contribution < 1.29 is 19.1 Å². The Morgan fingerprint density at radius 2 is 1.60 bits per heavy atom. The van der Waals surface area contributed by atoms with Gasteiger partial charge in [-0.25, -0.2) is 4.79 Å². The number of amides is 1. The van der Waals surface area contributed by atoms with E-state index in [9.17, 15) is 9.59 Å². The maximum atomic E-state index is 11.7. The Balaban J connectivity index is 0.000000789. The molecule has 2 rings (SSSR count). The Morgan fingerprint density at radius 1 is 1.10 bits per heavy atom. The highest BCUT2D eigenvalue weighted by Gasteiger charge is 2.14. The number of alkyl carbamates (subject to hydrolysis) is 1. The predicted octanol–water partition coefficient (Wildman–Crippen LogP) is 6.24. The molecule has 0 aliphatic heterocycles. The van der Waals surface area contributed by atoms with Crippen LogP contribution in [0.3, 0.4) is 0 Å². The molecule has 30 heavy (non-hydrogen) atoms. The summed E-state index contributed by atoms with van der Waals surface area (Å²) in [5.41, 5.74) is 2.75. The zero-order valence-electron chi connectivity index (χ0n) is 18.4. The van der Waals surface area contributed by atoms with Crippen molar-refractivity contribution >= 4 is 28.3 Å². The lowest BCUT2D eigenvalue weighted by atomic mass is 10.1. The van der Waals surface area contributed by atoms with Gasteiger partial charge in [-0.2, -0.15) is 0 Å². The monoisotopic (exact) mass is 477 g/mol. The van der Waals surface area contributed by atoms with Gasteiger partial charge in [-0.05, 0) is 51.0 Å². The van der Waals surface area contributed by atoms with Crippen molar-refractivity contribution in [3.05, 3.63) is 82.3 Å². The van der Waals surface area contributed by atoms with E-state index in [2.05, 4.69) is 27.8 Å². The number of carbonyl (C=O) groups excluding carboxylic acids is 2. The summed E-state index contributed by atoms with van der Waals surface area (Å²) in [6, 6.07) is 15.8. The van der Waals surface area contributed by atoms with Crippen molar-refractivity contribution in [2.24, 2.45) is 0 Å². The quantitative estimate of drug-likeness (QED) is 0.394. The molecule has 0 aromatic heterocycles. The Hall–Kier alpha value is -2.44. The lowest BCUT2D eigenvalue weighted by Crippen LogP contribution is -2.29. The Kier molecular flexibility index (Phi) is 15.0. The second-order valence-corrected chi connectivity index (χ2v) is 7.78. The van der Waals surface area contributed by atoms with E-state index in [1.54, 1.807) is 19.2 Å². The van der Waals surface area contributed by atoms with Gasteiger partial charge in [-0.15, -0.1) is 6.58 Å². The second-order valence-electron chi connectivity index (χ2n) is 6.86. The number of carbonyl (C=O) groups is 2. The minimum atomic E-state index is -0.721. The molecule has 164 valence electrons. The number of hydrogen-bond acceptors (Lipinski definition) is 4. The summed E-state index contributed by atoms with van der Waals surface area (Å²) in [4.78, 5) is 22.8. The number of rotatable bonds is 6. The number of hydrogen-bond donors (Lipinski definition) is 1. The van der Waals surface area contributed by atoms with Crippen molar-refractivity contribution in [1.82, 2.24) is 5.32 Å². The highest BCUT2D eigenvalue weighted by molar-refractivity contribution is 9.10. The molecule has 2 aromatic rings. The van der Waals surface area contributed by atoms with Gasteiger partial charge in [0, 0.05) is 11.6 Å². The molecular weight excluding hydrogens is 446 g/mol. The number of halogens is 1. The van der Waals surface area contributed by atoms with Crippen LogP contribution >= 0.6 is 15.9 Å². The van der Waals surface area contributed by atoms with E-state index in [-0.39, 0.29) is 6.61 Å². The summed E-state index contributed by atoms with van der Waals surface area (Å²) in [5, 5.41) is 2.53. The Labute approximate surface area is 188 Å². The fourth-order valence-corrected chi connectivity index (χ4v) is 2.02. The lowest BCUT2D eigenvalue weighted by molar-refractivity contribution is -0.109. The van der Waals surface area contributed by atoms with E-state index in [1.807, 2.05) is 70.2 Å². The van der Waals surface area contributed by atoms with Crippen molar-refractivity contribution in [3.63, 3.8) is 0 Å². The Bertz CT molecular complexity index is 742. The van der Waals surface area contributed by atoms with Crippen LogP contribution in [-0.4, -0.2) is 25.6 Å². The Morgan fingerprint density at radius 3 is 2.03 bits per heavy atom. The van der Waals surface area contributed by atoms with Gasteiger partial charge in [0.15, 0.2) is 0 Å². The number of nitrogens with one attached hydrogen (secondary N) is 1. The van der Waals surface area contributed by atoms with Crippen molar-refractivity contribution in [3.8, 4) is 0 Å². The molecule has 0 aliphatic rings. The minimum Gasteiger partial charge on any atom is -0.445 e. The number of benzene rings is 2. The van der Waals surface area contributed by atoms with Gasteiger partial charge in [0.1, 0.15) is 18.9 Å². The average Bonchev–Trinajstić information content (AvgIpc) is 2.72. The molecule has 0 saturated heterocycles. The first-order valence-electron chi connectivity index (χ1n) is 9.52. The lowest BCUT2D eigenvalue weighted by Gasteiger charge is -2.13. The molecule has 0 saturated carbocycles. The van der Waals surface area contributed by atoms with Crippen LogP contribution < -0.4 is 5.32 Å². The summed E-state index contributed by atoms with van der Waals surface area (Å²) in [7, 11) is 1.70. The minimum absolute atomic E-state index is 0.165. The number of ether oxygens (including phenoxy) is 2. The molecule has 1 atom stereocenters. The maximum absolute atomic E-state index is 11.7. The third-order valence-electron chi connectivity index (χ3n) is 3.32. The van der Waals surface area contributed by atoms with Gasteiger partial charge in [-0.1, -0.05) is 64.0 Å². The van der Waals surface area contributed by atoms with E-state index in [0.717, 1.165) is 10.0 Å². The van der Waals surface area contributed by atoms with Crippen molar-refractivity contribution in [2.45, 2.75) is 46.4 Å². The summed E-state index contributed by atoms with van der Waals surface area (Å²) < 4.78 is 10.7. The smallest absolute Gasteiger partial charge is 0.408 e. The summed E-state index contributed by atoms with van der Waals surface area (Å²) in [6.07, 6.45) is 0.432. The fraction of sp³-hybridized carbons (Fsp3) is 0.333. The molecule has 0 spiro atoms. The third-order valence-corrected chi connectivity index (χ3v) is 3.85. The van der Waals surface area contributed by atoms with Crippen LogP contribution in [0.25, 0.3) is 0 Å². The molecule has 0 aliphatic carbocycles. The second kappa shape index (κ2) is 16.4. The third kappa shape index (κ3) is 14.5. The van der Waals surface area contributed by atoms with Gasteiger partial charge < -0.3 is 19.6 Å². The van der Waals surface area contributed by atoms with Crippen LogP contribution in [0.5, 0.6) is 0 Å². The molecule has 0 bridgehead atoms. The van der Waals surface area contributed by atoms with E-state index in [4.69, 9.17) is 9.47 Å². The molecule has 0 fully saturated rings. The standard InChI is InChI=1S/C16H14BrNO3.C4H10O.C4H8/c17-14-8-6-13(7-9-14)15(10-19)18-16(20)21-11-12-4-2-1-3-5-12;1-4(2)5-3;1-4(2)3/h1-10,15H,11H2,(H,18,20);4H,1-3H3;1H2,2-3H3. The van der Waals surface area contributed by atoms with E-state index in [0.29, 0.717) is 18.0 Å². The molecular formula is C24H32BrNO4.